The summed E-state index contributed by atoms with van der Waals surface area (Å²) in [6, 6.07) is 28.1. The van der Waals surface area contributed by atoms with Gasteiger partial charge < -0.3 is 0 Å². The third-order valence-corrected chi connectivity index (χ3v) is 6.52. The Bertz CT molecular complexity index is 826. The number of hydrogen-bond acceptors (Lipinski definition) is 1. The Hall–Kier alpha value is -1.70. The van der Waals surface area contributed by atoms with Crippen molar-refractivity contribution in [1.82, 2.24) is 0 Å². The van der Waals surface area contributed by atoms with Gasteiger partial charge in [-0.2, -0.15) is 0 Å². The van der Waals surface area contributed by atoms with E-state index in [0.717, 1.165) is 5.02 Å². The van der Waals surface area contributed by atoms with Gasteiger partial charge in [0.25, 0.3) is 0 Å². The minimum absolute atomic E-state index is 0.404. The van der Waals surface area contributed by atoms with Crippen molar-refractivity contribution < 1.29 is 0 Å². The van der Waals surface area contributed by atoms with Gasteiger partial charge in [0.1, 0.15) is 0 Å². The number of thioether (sulfide) groups is 1. The summed E-state index contributed by atoms with van der Waals surface area (Å²) in [7, 11) is 0. The molecule has 120 valence electrons. The number of hydrogen-bond donors (Lipinski definition) is 0. The summed E-state index contributed by atoms with van der Waals surface area (Å²) in [5.74, 6) is 0.406. The first-order chi connectivity index (χ1) is 11.7. The molecule has 4 rings (SSSR count). The Morgan fingerprint density at radius 1 is 0.708 bits per heavy atom. The van der Waals surface area contributed by atoms with Gasteiger partial charge in [0.05, 0.1) is 5.25 Å². The van der Waals surface area contributed by atoms with Crippen LogP contribution in [0.3, 0.4) is 0 Å². The Labute approximate surface area is 152 Å². The summed E-state index contributed by atoms with van der Waals surface area (Å²) >= 11 is 8.14. The molecule has 3 atom stereocenters. The van der Waals surface area contributed by atoms with E-state index in [9.17, 15) is 0 Å². The molecule has 3 aromatic rings. The highest BCUT2D eigenvalue weighted by atomic mass is 35.5. The summed E-state index contributed by atoms with van der Waals surface area (Å²) in [5.41, 5.74) is 5.61. The van der Waals surface area contributed by atoms with Crippen LogP contribution >= 0.6 is 23.4 Å². The molecule has 0 aliphatic carbocycles. The molecule has 2 heteroatoms. The Morgan fingerprint density at radius 2 is 1.33 bits per heavy atom. The van der Waals surface area contributed by atoms with Gasteiger partial charge in [-0.25, -0.2) is 0 Å². The van der Waals surface area contributed by atoms with Crippen LogP contribution in [0.5, 0.6) is 0 Å². The van der Waals surface area contributed by atoms with Crippen LogP contribution in [0.1, 0.15) is 40.3 Å². The normalized spacial score (nSPS) is 22.8. The van der Waals surface area contributed by atoms with Gasteiger partial charge >= 0.3 is 0 Å². The number of benzene rings is 3. The molecule has 0 radical (unpaired) electrons. The first kappa shape index (κ1) is 15.8. The second-order valence-corrected chi connectivity index (χ2v) is 8.21. The zero-order valence-electron chi connectivity index (χ0n) is 13.5. The summed E-state index contributed by atoms with van der Waals surface area (Å²) in [6.45, 7) is 2.34. The van der Waals surface area contributed by atoms with Crippen molar-refractivity contribution in [1.29, 1.82) is 0 Å². The molecule has 0 fully saturated rings. The molecule has 0 bridgehead atoms. The zero-order chi connectivity index (χ0) is 16.5. The molecular formula is C22H19ClS. The van der Waals surface area contributed by atoms with E-state index in [0.29, 0.717) is 16.4 Å². The fourth-order valence-corrected chi connectivity index (χ4v) is 5.35. The molecule has 0 nitrogen and oxygen atoms in total. The minimum atomic E-state index is 0.404. The molecule has 1 heterocycles. The average molecular weight is 351 g/mol. The second kappa shape index (κ2) is 6.66. The maximum atomic E-state index is 6.09. The van der Waals surface area contributed by atoms with Crippen molar-refractivity contribution in [3.05, 3.63) is 106 Å². The lowest BCUT2D eigenvalue weighted by atomic mass is 9.83. The molecule has 24 heavy (non-hydrogen) atoms. The molecule has 0 saturated carbocycles. The highest BCUT2D eigenvalue weighted by Crippen LogP contribution is 2.51. The highest BCUT2D eigenvalue weighted by Gasteiger charge is 2.34. The number of fused-ring (bicyclic) bond motifs is 1. The maximum absolute atomic E-state index is 6.09. The van der Waals surface area contributed by atoms with Crippen LogP contribution in [-0.2, 0) is 0 Å². The Balaban J connectivity index is 1.82. The minimum Gasteiger partial charge on any atom is -0.145 e. The fourth-order valence-electron chi connectivity index (χ4n) is 3.66. The van der Waals surface area contributed by atoms with Gasteiger partial charge in [-0.1, -0.05) is 85.3 Å². The summed E-state index contributed by atoms with van der Waals surface area (Å²) in [6.07, 6.45) is 0. The standard InChI is InChI=1S/C22H19ClS/c1-15-21(16-11-13-18(23)14-12-16)19-9-5-6-10-20(19)22(24-15)17-7-3-2-4-8-17/h2-15,21-22H,1H3/t15-,21+,22+/m1/s1. The molecule has 1 aliphatic rings. The van der Waals surface area contributed by atoms with Crippen molar-refractivity contribution >= 4 is 23.4 Å². The first-order valence-corrected chi connectivity index (χ1v) is 9.61. The van der Waals surface area contributed by atoms with Crippen molar-refractivity contribution in [3.63, 3.8) is 0 Å². The van der Waals surface area contributed by atoms with Crippen molar-refractivity contribution in [3.8, 4) is 0 Å². The highest BCUT2D eigenvalue weighted by molar-refractivity contribution is 8.00. The molecule has 1 aliphatic heterocycles. The first-order valence-electron chi connectivity index (χ1n) is 8.29. The topological polar surface area (TPSA) is 0 Å². The maximum Gasteiger partial charge on any atom is 0.0552 e. The van der Waals surface area contributed by atoms with Crippen LogP contribution in [0.4, 0.5) is 0 Å². The third-order valence-electron chi connectivity index (χ3n) is 4.77. The molecule has 0 unspecified atom stereocenters. The fraction of sp³-hybridized carbons (Fsp3) is 0.182. The summed E-state index contributed by atoms with van der Waals surface area (Å²) in [4.78, 5) is 0. The van der Waals surface area contributed by atoms with Crippen molar-refractivity contribution in [2.24, 2.45) is 0 Å². The van der Waals surface area contributed by atoms with Crippen LogP contribution in [-0.4, -0.2) is 5.25 Å². The molecule has 0 amide bonds. The predicted molar refractivity (Wildman–Crippen MR) is 105 cm³/mol. The van der Waals surface area contributed by atoms with Crippen LogP contribution in [0, 0.1) is 0 Å². The van der Waals surface area contributed by atoms with Crippen molar-refractivity contribution in [2.75, 3.05) is 0 Å². The van der Waals surface area contributed by atoms with E-state index in [4.69, 9.17) is 11.6 Å². The summed E-state index contributed by atoms with van der Waals surface area (Å²) in [5, 5.41) is 1.71. The Morgan fingerprint density at radius 3 is 2.04 bits per heavy atom. The van der Waals surface area contributed by atoms with Crippen LogP contribution in [0.15, 0.2) is 78.9 Å². The molecule has 3 aromatic carbocycles. The van der Waals surface area contributed by atoms with E-state index in [1.54, 1.807) is 0 Å². The number of halogens is 1. The third kappa shape index (κ3) is 2.87. The lowest BCUT2D eigenvalue weighted by Crippen LogP contribution is -2.23. The Kier molecular flexibility index (Phi) is 4.39. The van der Waals surface area contributed by atoms with E-state index >= 15 is 0 Å². The van der Waals surface area contributed by atoms with Crippen LogP contribution < -0.4 is 0 Å². The number of rotatable bonds is 2. The molecule has 0 aromatic heterocycles. The van der Waals surface area contributed by atoms with E-state index in [2.05, 4.69) is 85.4 Å². The van der Waals surface area contributed by atoms with E-state index in [1.165, 1.54) is 22.3 Å². The average Bonchev–Trinajstić information content (AvgIpc) is 2.63. The predicted octanol–water partition coefficient (Wildman–Crippen LogP) is 6.70. The van der Waals surface area contributed by atoms with Gasteiger partial charge in [0.15, 0.2) is 0 Å². The van der Waals surface area contributed by atoms with E-state index in [-0.39, 0.29) is 0 Å². The van der Waals surface area contributed by atoms with Gasteiger partial charge in [-0.3, -0.25) is 0 Å². The second-order valence-electron chi connectivity index (χ2n) is 6.29. The molecule has 0 N–H and O–H groups in total. The molecule has 0 spiro atoms. The van der Waals surface area contributed by atoms with Crippen LogP contribution in [0.25, 0.3) is 0 Å². The smallest absolute Gasteiger partial charge is 0.0552 e. The molecule has 0 saturated heterocycles. The van der Waals surface area contributed by atoms with Gasteiger partial charge in [0, 0.05) is 16.2 Å². The van der Waals surface area contributed by atoms with Crippen molar-refractivity contribution in [2.45, 2.75) is 23.3 Å². The van der Waals surface area contributed by atoms with Crippen LogP contribution in [0.2, 0.25) is 5.02 Å². The van der Waals surface area contributed by atoms with E-state index in [1.807, 2.05) is 12.1 Å². The van der Waals surface area contributed by atoms with Gasteiger partial charge in [-0.05, 0) is 34.4 Å². The SMILES string of the molecule is C[C@H]1S[C@@H](c2ccccc2)c2ccccc2[C@@H]1c1ccc(Cl)cc1. The molecular weight excluding hydrogens is 332 g/mol. The zero-order valence-corrected chi connectivity index (χ0v) is 15.1. The van der Waals surface area contributed by atoms with Gasteiger partial charge in [-0.15, -0.1) is 11.8 Å². The summed E-state index contributed by atoms with van der Waals surface area (Å²) < 4.78 is 0. The van der Waals surface area contributed by atoms with Gasteiger partial charge in [0.2, 0.25) is 0 Å². The monoisotopic (exact) mass is 350 g/mol. The van der Waals surface area contributed by atoms with E-state index < -0.39 is 0 Å². The lowest BCUT2D eigenvalue weighted by Gasteiger charge is -2.36. The largest absolute Gasteiger partial charge is 0.145 e. The lowest BCUT2D eigenvalue weighted by molar-refractivity contribution is 0.762. The quantitative estimate of drug-likeness (QED) is 0.495.